The van der Waals surface area contributed by atoms with Gasteiger partial charge in [-0.3, -0.25) is 14.9 Å². The van der Waals surface area contributed by atoms with Crippen LogP contribution in [-0.4, -0.2) is 23.9 Å². The van der Waals surface area contributed by atoms with E-state index in [0.29, 0.717) is 0 Å². The van der Waals surface area contributed by atoms with Crippen LogP contribution in [-0.2, 0) is 9.53 Å². The fourth-order valence-corrected chi connectivity index (χ4v) is 1.55. The number of nitro benzene ring substituents is 1. The van der Waals surface area contributed by atoms with Crippen molar-refractivity contribution in [3.63, 3.8) is 0 Å². The van der Waals surface area contributed by atoms with Crippen molar-refractivity contribution in [3.05, 3.63) is 32.8 Å². The zero-order valence-corrected chi connectivity index (χ0v) is 10.1. The Bertz CT molecular complexity index is 503. The summed E-state index contributed by atoms with van der Waals surface area (Å²) in [5, 5.41) is 13.1. The third-order valence-corrected chi connectivity index (χ3v) is 2.19. The number of carbonyl (C=O) groups is 2. The number of anilines is 1. The molecule has 0 radical (unpaired) electrons. The quantitative estimate of drug-likeness (QED) is 0.382. The average molecular weight is 273 g/mol. The maximum absolute atomic E-state index is 11.6. The van der Waals surface area contributed by atoms with E-state index in [1.54, 1.807) is 6.92 Å². The molecular formula is C10H9ClN2O5. The van der Waals surface area contributed by atoms with E-state index in [1.807, 2.05) is 0 Å². The van der Waals surface area contributed by atoms with Gasteiger partial charge in [-0.2, -0.15) is 0 Å². The molecule has 1 rings (SSSR count). The van der Waals surface area contributed by atoms with Crippen molar-refractivity contribution in [3.8, 4) is 0 Å². The molecule has 0 fully saturated rings. The van der Waals surface area contributed by atoms with Crippen molar-refractivity contribution in [2.45, 2.75) is 6.92 Å². The SMILES string of the molecule is CCOC(=O)c1cc(Cl)cc(NC=O)c1[N+](=O)[O-]. The lowest BCUT2D eigenvalue weighted by Crippen LogP contribution is -2.10. The first kappa shape index (κ1) is 13.9. The van der Waals surface area contributed by atoms with E-state index in [1.165, 1.54) is 6.07 Å². The second kappa shape index (κ2) is 5.97. The highest BCUT2D eigenvalue weighted by molar-refractivity contribution is 6.31. The number of benzene rings is 1. The first-order valence-electron chi connectivity index (χ1n) is 4.86. The van der Waals surface area contributed by atoms with Gasteiger partial charge in [-0.1, -0.05) is 11.6 Å². The van der Waals surface area contributed by atoms with Crippen molar-refractivity contribution in [1.82, 2.24) is 0 Å². The highest BCUT2D eigenvalue weighted by Gasteiger charge is 2.26. The highest BCUT2D eigenvalue weighted by Crippen LogP contribution is 2.32. The fourth-order valence-electron chi connectivity index (χ4n) is 1.33. The molecule has 1 N–H and O–H groups in total. The summed E-state index contributed by atoms with van der Waals surface area (Å²) in [7, 11) is 0. The van der Waals surface area contributed by atoms with E-state index in [-0.39, 0.29) is 29.3 Å². The predicted molar refractivity (Wildman–Crippen MR) is 63.7 cm³/mol. The Morgan fingerprint density at radius 2 is 2.28 bits per heavy atom. The van der Waals surface area contributed by atoms with Crippen LogP contribution in [0, 0.1) is 10.1 Å². The molecule has 0 saturated carbocycles. The van der Waals surface area contributed by atoms with Crippen LogP contribution in [0.25, 0.3) is 0 Å². The maximum atomic E-state index is 11.6. The zero-order valence-electron chi connectivity index (χ0n) is 9.31. The first-order valence-corrected chi connectivity index (χ1v) is 5.24. The van der Waals surface area contributed by atoms with E-state index in [9.17, 15) is 19.7 Å². The maximum Gasteiger partial charge on any atom is 0.345 e. The predicted octanol–water partition coefficient (Wildman–Crippen LogP) is 1.99. The van der Waals surface area contributed by atoms with Gasteiger partial charge in [-0.25, -0.2) is 4.79 Å². The van der Waals surface area contributed by atoms with Crippen LogP contribution >= 0.6 is 11.6 Å². The second-order valence-electron chi connectivity index (χ2n) is 3.09. The third-order valence-electron chi connectivity index (χ3n) is 1.97. The summed E-state index contributed by atoms with van der Waals surface area (Å²) in [5.41, 5.74) is -1.02. The molecular weight excluding hydrogens is 264 g/mol. The van der Waals surface area contributed by atoms with Crippen molar-refractivity contribution in [2.24, 2.45) is 0 Å². The number of nitrogens with one attached hydrogen (secondary N) is 1. The van der Waals surface area contributed by atoms with E-state index in [4.69, 9.17) is 11.6 Å². The number of esters is 1. The van der Waals surface area contributed by atoms with Crippen molar-refractivity contribution >= 4 is 35.4 Å². The normalized spacial score (nSPS) is 9.67. The first-order chi connectivity index (χ1) is 8.51. The number of halogens is 1. The second-order valence-corrected chi connectivity index (χ2v) is 3.53. The Morgan fingerprint density at radius 3 is 2.78 bits per heavy atom. The van der Waals surface area contributed by atoms with Gasteiger partial charge in [0.15, 0.2) is 0 Å². The Hall–Kier alpha value is -2.15. The molecule has 0 unspecified atom stereocenters. The number of rotatable bonds is 5. The van der Waals surface area contributed by atoms with E-state index in [2.05, 4.69) is 10.1 Å². The van der Waals surface area contributed by atoms with Crippen LogP contribution < -0.4 is 5.32 Å². The molecule has 0 bridgehead atoms. The summed E-state index contributed by atoms with van der Waals surface area (Å²) in [6.07, 6.45) is 0.258. The summed E-state index contributed by atoms with van der Waals surface area (Å²) in [6, 6.07) is 2.30. The summed E-state index contributed by atoms with van der Waals surface area (Å²) in [5.74, 6) is -0.874. The lowest BCUT2D eigenvalue weighted by Gasteiger charge is -2.07. The van der Waals surface area contributed by atoms with Crippen LogP contribution in [0.4, 0.5) is 11.4 Å². The molecule has 0 saturated heterocycles. The molecule has 0 aliphatic rings. The Balaban J connectivity index is 3.42. The molecule has 0 spiro atoms. The smallest absolute Gasteiger partial charge is 0.345 e. The van der Waals surface area contributed by atoms with E-state index >= 15 is 0 Å². The number of hydrogen-bond acceptors (Lipinski definition) is 5. The number of hydrogen-bond donors (Lipinski definition) is 1. The van der Waals surface area contributed by atoms with Crippen LogP contribution in [0.2, 0.25) is 5.02 Å². The van der Waals surface area contributed by atoms with Gasteiger partial charge in [0.1, 0.15) is 11.3 Å². The molecule has 1 amide bonds. The van der Waals surface area contributed by atoms with Crippen LogP contribution in [0.3, 0.4) is 0 Å². The molecule has 0 aliphatic heterocycles. The molecule has 0 aliphatic carbocycles. The Morgan fingerprint density at radius 1 is 1.61 bits per heavy atom. The molecule has 8 heteroatoms. The molecule has 7 nitrogen and oxygen atoms in total. The third kappa shape index (κ3) is 2.95. The van der Waals surface area contributed by atoms with Gasteiger partial charge < -0.3 is 10.1 Å². The van der Waals surface area contributed by atoms with Gasteiger partial charge in [0, 0.05) is 5.02 Å². The standard InChI is InChI=1S/C10H9ClN2O5/c1-2-18-10(15)7-3-6(11)4-8(12-5-14)9(7)13(16)17/h3-5H,2H2,1H3,(H,12,14). The van der Waals surface area contributed by atoms with Crippen LogP contribution in [0.1, 0.15) is 17.3 Å². The zero-order chi connectivity index (χ0) is 13.7. The lowest BCUT2D eigenvalue weighted by atomic mass is 10.1. The van der Waals surface area contributed by atoms with Crippen LogP contribution in [0.5, 0.6) is 0 Å². The van der Waals surface area contributed by atoms with Gasteiger partial charge in [-0.15, -0.1) is 0 Å². The van der Waals surface area contributed by atoms with Crippen molar-refractivity contribution in [2.75, 3.05) is 11.9 Å². The van der Waals surface area contributed by atoms with Crippen LogP contribution in [0.15, 0.2) is 12.1 Å². The van der Waals surface area contributed by atoms with Gasteiger partial charge in [0.2, 0.25) is 6.41 Å². The summed E-state index contributed by atoms with van der Waals surface area (Å²) in [4.78, 5) is 32.1. The highest BCUT2D eigenvalue weighted by atomic mass is 35.5. The number of amides is 1. The largest absolute Gasteiger partial charge is 0.462 e. The minimum atomic E-state index is -0.874. The summed E-state index contributed by atoms with van der Waals surface area (Å²) in [6.45, 7) is 1.64. The number of carbonyl (C=O) groups excluding carboxylic acids is 2. The summed E-state index contributed by atoms with van der Waals surface area (Å²) < 4.78 is 4.69. The Kier molecular flexibility index (Phi) is 4.61. The average Bonchev–Trinajstić information content (AvgIpc) is 2.28. The molecule has 0 aromatic heterocycles. The van der Waals surface area contributed by atoms with Crippen molar-refractivity contribution < 1.29 is 19.2 Å². The minimum absolute atomic E-state index is 0.0684. The molecule has 96 valence electrons. The number of nitrogens with zero attached hydrogens (tertiary/aromatic N) is 1. The van der Waals surface area contributed by atoms with Gasteiger partial charge >= 0.3 is 11.7 Å². The molecule has 0 atom stereocenters. The van der Waals surface area contributed by atoms with Gasteiger partial charge in [-0.05, 0) is 19.1 Å². The van der Waals surface area contributed by atoms with E-state index in [0.717, 1.165) is 6.07 Å². The number of nitro groups is 1. The molecule has 0 heterocycles. The lowest BCUT2D eigenvalue weighted by molar-refractivity contribution is -0.384. The minimum Gasteiger partial charge on any atom is -0.462 e. The van der Waals surface area contributed by atoms with Crippen molar-refractivity contribution in [1.29, 1.82) is 0 Å². The molecule has 1 aromatic carbocycles. The fraction of sp³-hybridized carbons (Fsp3) is 0.200. The topological polar surface area (TPSA) is 98.5 Å². The molecule has 1 aromatic rings. The van der Waals surface area contributed by atoms with E-state index < -0.39 is 16.6 Å². The monoisotopic (exact) mass is 272 g/mol. The summed E-state index contributed by atoms with van der Waals surface area (Å²) >= 11 is 5.72. The van der Waals surface area contributed by atoms with Gasteiger partial charge in [0.05, 0.1) is 11.5 Å². The molecule has 18 heavy (non-hydrogen) atoms. The van der Waals surface area contributed by atoms with Gasteiger partial charge in [0.25, 0.3) is 0 Å². The Labute approximate surface area is 107 Å². The number of ether oxygens (including phenoxy) is 1.